The van der Waals surface area contributed by atoms with E-state index in [9.17, 15) is 18.0 Å². The lowest BCUT2D eigenvalue weighted by Gasteiger charge is -2.09. The molecule has 0 fully saturated rings. The molecule has 0 spiro atoms. The molecule has 0 unspecified atom stereocenters. The molecule has 0 saturated heterocycles. The number of anilines is 1. The van der Waals surface area contributed by atoms with Crippen LogP contribution >= 0.6 is 34.7 Å². The number of rotatable bonds is 9. The van der Waals surface area contributed by atoms with Gasteiger partial charge in [0.15, 0.2) is 16.1 Å². The topological polar surface area (TPSA) is 72.7 Å². The van der Waals surface area contributed by atoms with Crippen LogP contribution in [-0.4, -0.2) is 31.4 Å². The van der Waals surface area contributed by atoms with E-state index in [-0.39, 0.29) is 23.1 Å². The molecule has 2 aromatic carbocycles. The van der Waals surface area contributed by atoms with Crippen LogP contribution in [0.5, 0.6) is 0 Å². The molecule has 0 radical (unpaired) electrons. The summed E-state index contributed by atoms with van der Waals surface area (Å²) in [6.45, 7) is 4.26. The number of thioether (sulfide) groups is 1. The summed E-state index contributed by atoms with van der Waals surface area (Å²) in [7, 11) is 0. The zero-order chi connectivity index (χ0) is 25.7. The first-order chi connectivity index (χ1) is 17.2. The Hall–Kier alpha value is -3.15. The fourth-order valence-electron chi connectivity index (χ4n) is 3.30. The van der Waals surface area contributed by atoms with E-state index >= 15 is 0 Å². The molecule has 2 aromatic heterocycles. The van der Waals surface area contributed by atoms with Gasteiger partial charge in [0.1, 0.15) is 0 Å². The Bertz CT molecular complexity index is 1370. The second-order valence-corrected chi connectivity index (χ2v) is 9.99. The van der Waals surface area contributed by atoms with Crippen molar-refractivity contribution in [1.29, 1.82) is 0 Å². The Morgan fingerprint density at radius 2 is 1.97 bits per heavy atom. The van der Waals surface area contributed by atoms with Crippen molar-refractivity contribution in [3.05, 3.63) is 88.4 Å². The summed E-state index contributed by atoms with van der Waals surface area (Å²) in [6.07, 6.45) is -1.05. The van der Waals surface area contributed by atoms with Crippen molar-refractivity contribution in [3.63, 3.8) is 0 Å². The molecule has 0 aliphatic carbocycles. The number of amides is 1. The van der Waals surface area contributed by atoms with Gasteiger partial charge >= 0.3 is 6.18 Å². The maximum absolute atomic E-state index is 13.0. The van der Waals surface area contributed by atoms with Gasteiger partial charge in [-0.2, -0.15) is 13.2 Å². The molecule has 6 nitrogen and oxygen atoms in total. The van der Waals surface area contributed by atoms with E-state index in [0.29, 0.717) is 33.1 Å². The van der Waals surface area contributed by atoms with Crippen LogP contribution in [0.1, 0.15) is 16.0 Å². The van der Waals surface area contributed by atoms with Gasteiger partial charge in [-0.15, -0.1) is 28.1 Å². The lowest BCUT2D eigenvalue weighted by Crippen LogP contribution is -2.14. The highest BCUT2D eigenvalue weighted by molar-refractivity contribution is 7.99. The minimum atomic E-state index is -4.46. The van der Waals surface area contributed by atoms with Gasteiger partial charge in [0, 0.05) is 34.6 Å². The van der Waals surface area contributed by atoms with Crippen molar-refractivity contribution >= 4 is 45.7 Å². The Morgan fingerprint density at radius 1 is 1.19 bits per heavy atom. The number of hydrogen-bond donors (Lipinski definition) is 1. The monoisotopic (exact) mass is 549 g/mol. The third kappa shape index (κ3) is 6.34. The molecule has 0 aliphatic rings. The fourth-order valence-corrected chi connectivity index (χ4v) is 5.08. The maximum atomic E-state index is 13.0. The lowest BCUT2D eigenvalue weighted by atomic mass is 10.1. The first-order valence-corrected chi connectivity index (χ1v) is 12.7. The highest BCUT2D eigenvalue weighted by atomic mass is 35.5. The molecule has 1 amide bonds. The van der Waals surface area contributed by atoms with Crippen LogP contribution in [0.15, 0.2) is 72.5 Å². The summed E-state index contributed by atoms with van der Waals surface area (Å²) in [5.74, 6) is 0.446. The van der Waals surface area contributed by atoms with Gasteiger partial charge in [0.25, 0.3) is 0 Å². The minimum Gasteiger partial charge on any atom is -0.301 e. The number of nitrogens with zero attached hydrogens (tertiary/aromatic N) is 4. The molecule has 0 saturated carbocycles. The summed E-state index contributed by atoms with van der Waals surface area (Å²) < 4.78 is 40.9. The molecule has 186 valence electrons. The summed E-state index contributed by atoms with van der Waals surface area (Å²) in [4.78, 5) is 17.3. The van der Waals surface area contributed by atoms with Crippen molar-refractivity contribution in [3.8, 4) is 11.4 Å². The Balaban J connectivity index is 1.38. The first-order valence-electron chi connectivity index (χ1n) is 10.6. The predicted molar refractivity (Wildman–Crippen MR) is 136 cm³/mol. The average molecular weight is 550 g/mol. The zero-order valence-electron chi connectivity index (χ0n) is 18.6. The summed E-state index contributed by atoms with van der Waals surface area (Å²) in [6, 6.07) is 12.8. The molecular weight excluding hydrogens is 531 g/mol. The Morgan fingerprint density at radius 3 is 2.69 bits per heavy atom. The number of allylic oxidation sites excluding steroid dienone is 1. The summed E-state index contributed by atoms with van der Waals surface area (Å²) in [5.41, 5.74) is 0.468. The highest BCUT2D eigenvalue weighted by Crippen LogP contribution is 2.33. The molecule has 2 heterocycles. The summed E-state index contributed by atoms with van der Waals surface area (Å²) in [5, 5.41) is 12.3. The van der Waals surface area contributed by atoms with E-state index in [1.54, 1.807) is 6.08 Å². The second-order valence-electron chi connectivity index (χ2n) is 7.52. The lowest BCUT2D eigenvalue weighted by molar-refractivity contribution is -0.137. The van der Waals surface area contributed by atoms with E-state index < -0.39 is 11.7 Å². The van der Waals surface area contributed by atoms with E-state index in [4.69, 9.17) is 11.6 Å². The fraction of sp³-hybridized carbons (Fsp3) is 0.167. The van der Waals surface area contributed by atoms with Crippen LogP contribution < -0.4 is 5.32 Å². The molecule has 0 bridgehead atoms. The standard InChI is InChI=1S/C24H19ClF3N5OS2/c1-2-10-33-21(15-6-4-3-5-7-15)31-32-23(33)35-14-20(34)30-22-29-13-18(36-22)12-16-11-17(24(26,27)28)8-9-19(16)25/h2-9,11,13H,1,10,12,14H2,(H,29,30,34). The molecule has 4 aromatic rings. The molecular formula is C24H19ClF3N5OS2. The molecule has 0 atom stereocenters. The Kier molecular flexibility index (Phi) is 8.12. The third-order valence-electron chi connectivity index (χ3n) is 4.93. The number of nitrogens with one attached hydrogen (secondary N) is 1. The van der Waals surface area contributed by atoms with E-state index in [1.807, 2.05) is 34.9 Å². The highest BCUT2D eigenvalue weighted by Gasteiger charge is 2.31. The average Bonchev–Trinajstić information content (AvgIpc) is 3.46. The quantitative estimate of drug-likeness (QED) is 0.188. The number of benzene rings is 2. The number of thiazole rings is 1. The number of carbonyl (C=O) groups is 1. The van der Waals surface area contributed by atoms with E-state index in [1.165, 1.54) is 35.4 Å². The number of carbonyl (C=O) groups excluding carboxylic acids is 1. The van der Waals surface area contributed by atoms with Crippen molar-refractivity contribution < 1.29 is 18.0 Å². The SMILES string of the molecule is C=CCn1c(SCC(=O)Nc2ncc(Cc3cc(C(F)(F)F)ccc3Cl)s2)nnc1-c1ccccc1. The van der Waals surface area contributed by atoms with Gasteiger partial charge < -0.3 is 5.32 Å². The number of alkyl halides is 3. The van der Waals surface area contributed by atoms with Crippen LogP contribution in [-0.2, 0) is 23.9 Å². The smallest absolute Gasteiger partial charge is 0.301 e. The molecule has 12 heteroatoms. The zero-order valence-corrected chi connectivity index (χ0v) is 21.0. The minimum absolute atomic E-state index is 0.0679. The van der Waals surface area contributed by atoms with Crippen molar-refractivity contribution in [2.75, 3.05) is 11.1 Å². The van der Waals surface area contributed by atoms with Gasteiger partial charge in [0.2, 0.25) is 5.91 Å². The van der Waals surface area contributed by atoms with Crippen molar-refractivity contribution in [2.45, 2.75) is 24.3 Å². The number of halogens is 4. The summed E-state index contributed by atoms with van der Waals surface area (Å²) >= 11 is 8.49. The van der Waals surface area contributed by atoms with Crippen LogP contribution in [0.3, 0.4) is 0 Å². The van der Waals surface area contributed by atoms with Gasteiger partial charge in [-0.05, 0) is 23.8 Å². The predicted octanol–water partition coefficient (Wildman–Crippen LogP) is 6.58. The largest absolute Gasteiger partial charge is 0.416 e. The second kappa shape index (κ2) is 11.3. The van der Waals surface area contributed by atoms with Gasteiger partial charge in [-0.25, -0.2) is 4.98 Å². The number of aromatic nitrogens is 4. The first kappa shape index (κ1) is 25.9. The van der Waals surface area contributed by atoms with Gasteiger partial charge in [0.05, 0.1) is 11.3 Å². The maximum Gasteiger partial charge on any atom is 0.416 e. The third-order valence-corrected chi connectivity index (χ3v) is 7.18. The molecule has 36 heavy (non-hydrogen) atoms. The van der Waals surface area contributed by atoms with Crippen molar-refractivity contribution in [1.82, 2.24) is 19.7 Å². The van der Waals surface area contributed by atoms with Crippen LogP contribution in [0.4, 0.5) is 18.3 Å². The van der Waals surface area contributed by atoms with Crippen LogP contribution in [0.25, 0.3) is 11.4 Å². The molecule has 4 rings (SSSR count). The van der Waals surface area contributed by atoms with Crippen LogP contribution in [0.2, 0.25) is 5.02 Å². The molecule has 1 N–H and O–H groups in total. The number of hydrogen-bond acceptors (Lipinski definition) is 6. The molecule has 0 aliphatic heterocycles. The van der Waals surface area contributed by atoms with Gasteiger partial charge in [-0.3, -0.25) is 9.36 Å². The van der Waals surface area contributed by atoms with E-state index in [2.05, 4.69) is 27.1 Å². The van der Waals surface area contributed by atoms with E-state index in [0.717, 1.165) is 17.7 Å². The van der Waals surface area contributed by atoms with Crippen molar-refractivity contribution in [2.24, 2.45) is 0 Å². The van der Waals surface area contributed by atoms with Crippen LogP contribution in [0, 0.1) is 0 Å². The Labute approximate surface area is 218 Å². The normalized spacial score (nSPS) is 11.4. The van der Waals surface area contributed by atoms with Gasteiger partial charge in [-0.1, -0.05) is 59.8 Å².